The number of hydrogen-bond acceptors (Lipinski definition) is 4. The minimum atomic E-state index is -0.879. The number of carbonyl (C=O) groups is 1. The van der Waals surface area contributed by atoms with Crippen LogP contribution in [0.3, 0.4) is 0 Å². The van der Waals surface area contributed by atoms with Crippen molar-refractivity contribution in [1.29, 1.82) is 0 Å². The fourth-order valence-corrected chi connectivity index (χ4v) is 4.70. The lowest BCUT2D eigenvalue weighted by molar-refractivity contribution is -0.110. The maximum absolute atomic E-state index is 13.0. The van der Waals surface area contributed by atoms with Gasteiger partial charge in [-0.2, -0.15) is 0 Å². The molecule has 0 radical (unpaired) electrons. The standard InChI is InChI=1S/C21H24N2O3/c24-19-11-10-15(14-22-19)20(25)23-13-12-21(26,16-6-2-1-3-7-16)17-8-4-5-9-18(17)23/h1-3,6-7,10-11,14,17-18,26H,4-5,8-9,12-13H2,(H,22,24). The highest BCUT2D eigenvalue weighted by molar-refractivity contribution is 5.94. The van der Waals surface area contributed by atoms with E-state index in [1.165, 1.54) is 12.3 Å². The van der Waals surface area contributed by atoms with Crippen molar-refractivity contribution in [3.05, 3.63) is 59.8 Å². The van der Waals surface area contributed by atoms with Gasteiger partial charge in [0.25, 0.3) is 5.91 Å². The van der Waals surface area contributed by atoms with E-state index >= 15 is 0 Å². The predicted molar refractivity (Wildman–Crippen MR) is 97.6 cm³/mol. The van der Waals surface area contributed by atoms with Crippen molar-refractivity contribution in [3.8, 4) is 5.88 Å². The van der Waals surface area contributed by atoms with Gasteiger partial charge >= 0.3 is 0 Å². The fourth-order valence-electron chi connectivity index (χ4n) is 4.70. The lowest BCUT2D eigenvalue weighted by Gasteiger charge is -2.52. The molecule has 5 heteroatoms. The number of fused-ring (bicyclic) bond motifs is 1. The van der Waals surface area contributed by atoms with Gasteiger partial charge in [0.05, 0.1) is 11.2 Å². The highest BCUT2D eigenvalue weighted by Gasteiger charge is 2.50. The van der Waals surface area contributed by atoms with Gasteiger partial charge in [0.15, 0.2) is 0 Å². The summed E-state index contributed by atoms with van der Waals surface area (Å²) >= 11 is 0. The molecule has 5 nitrogen and oxygen atoms in total. The van der Waals surface area contributed by atoms with E-state index < -0.39 is 5.60 Å². The van der Waals surface area contributed by atoms with Gasteiger partial charge in [-0.3, -0.25) is 4.79 Å². The van der Waals surface area contributed by atoms with Crippen LogP contribution in [-0.2, 0) is 5.60 Å². The Labute approximate surface area is 153 Å². The second-order valence-electron chi connectivity index (χ2n) is 7.40. The molecule has 2 aromatic rings. The minimum absolute atomic E-state index is 0.0315. The molecule has 1 aromatic heterocycles. The maximum atomic E-state index is 13.0. The van der Waals surface area contributed by atoms with Gasteiger partial charge in [-0.15, -0.1) is 0 Å². The van der Waals surface area contributed by atoms with Crippen LogP contribution < -0.4 is 0 Å². The average Bonchev–Trinajstić information content (AvgIpc) is 2.69. The van der Waals surface area contributed by atoms with Gasteiger partial charge in [-0.1, -0.05) is 43.2 Å². The molecule has 3 atom stereocenters. The second kappa shape index (κ2) is 6.72. The summed E-state index contributed by atoms with van der Waals surface area (Å²) < 4.78 is 0. The van der Waals surface area contributed by atoms with E-state index in [1.807, 2.05) is 35.2 Å². The third kappa shape index (κ3) is 2.86. The number of carbonyl (C=O) groups excluding carboxylic acids is 1. The Hall–Kier alpha value is -2.40. The van der Waals surface area contributed by atoms with Gasteiger partial charge in [0.1, 0.15) is 0 Å². The van der Waals surface area contributed by atoms with Crippen molar-refractivity contribution in [3.63, 3.8) is 0 Å². The number of hydrogen-bond donors (Lipinski definition) is 2. The number of amides is 1. The largest absolute Gasteiger partial charge is 0.493 e. The average molecular weight is 352 g/mol. The predicted octanol–water partition coefficient (Wildman–Crippen LogP) is 3.08. The molecule has 136 valence electrons. The zero-order chi connectivity index (χ0) is 18.1. The fraction of sp³-hybridized carbons (Fsp3) is 0.429. The molecule has 2 aliphatic rings. The Balaban J connectivity index is 1.64. The van der Waals surface area contributed by atoms with E-state index in [1.54, 1.807) is 6.07 Å². The van der Waals surface area contributed by atoms with Crippen LogP contribution in [0.15, 0.2) is 48.7 Å². The molecule has 2 heterocycles. The number of likely N-dealkylation sites (tertiary alicyclic amines) is 1. The first-order chi connectivity index (χ1) is 12.6. The van der Waals surface area contributed by atoms with Crippen molar-refractivity contribution in [2.75, 3.05) is 6.54 Å². The number of rotatable bonds is 2. The Morgan fingerprint density at radius 2 is 1.88 bits per heavy atom. The summed E-state index contributed by atoms with van der Waals surface area (Å²) in [4.78, 5) is 18.8. The smallest absolute Gasteiger partial charge is 0.255 e. The molecule has 1 aliphatic carbocycles. The van der Waals surface area contributed by atoms with Gasteiger partial charge in [-0.25, -0.2) is 4.98 Å². The van der Waals surface area contributed by atoms with Crippen LogP contribution in [0.4, 0.5) is 0 Å². The highest BCUT2D eigenvalue weighted by Crippen LogP contribution is 2.47. The van der Waals surface area contributed by atoms with Crippen molar-refractivity contribution in [2.45, 2.75) is 43.7 Å². The SMILES string of the molecule is O=C(c1ccc(O)nc1)N1CCC(O)(c2ccccc2)C2CCCCC21. The van der Waals surface area contributed by atoms with Gasteiger partial charge in [0, 0.05) is 30.8 Å². The van der Waals surface area contributed by atoms with Crippen LogP contribution in [0.5, 0.6) is 5.88 Å². The summed E-state index contributed by atoms with van der Waals surface area (Å²) in [7, 11) is 0. The summed E-state index contributed by atoms with van der Waals surface area (Å²) in [6, 6.07) is 13.0. The zero-order valence-electron chi connectivity index (χ0n) is 14.7. The Morgan fingerprint density at radius 1 is 1.12 bits per heavy atom. The quantitative estimate of drug-likeness (QED) is 0.871. The van der Waals surface area contributed by atoms with Gasteiger partial charge < -0.3 is 15.1 Å². The Kier molecular flexibility index (Phi) is 4.41. The third-order valence-electron chi connectivity index (χ3n) is 6.01. The number of piperidine rings is 1. The van der Waals surface area contributed by atoms with Crippen LogP contribution in [0.1, 0.15) is 48.0 Å². The van der Waals surface area contributed by atoms with Crippen LogP contribution in [-0.4, -0.2) is 38.6 Å². The monoisotopic (exact) mass is 352 g/mol. The number of pyridine rings is 1. The molecular weight excluding hydrogens is 328 g/mol. The molecule has 1 saturated heterocycles. The first-order valence-corrected chi connectivity index (χ1v) is 9.33. The maximum Gasteiger partial charge on any atom is 0.255 e. The van der Waals surface area contributed by atoms with Crippen LogP contribution in [0.25, 0.3) is 0 Å². The van der Waals surface area contributed by atoms with Crippen LogP contribution >= 0.6 is 0 Å². The topological polar surface area (TPSA) is 73.7 Å². The van der Waals surface area contributed by atoms with Crippen molar-refractivity contribution in [1.82, 2.24) is 9.88 Å². The van der Waals surface area contributed by atoms with Gasteiger partial charge in [0.2, 0.25) is 5.88 Å². The molecule has 2 fully saturated rings. The van der Waals surface area contributed by atoms with E-state index in [0.29, 0.717) is 18.5 Å². The summed E-state index contributed by atoms with van der Waals surface area (Å²) in [5.74, 6) is -0.111. The van der Waals surface area contributed by atoms with E-state index in [9.17, 15) is 15.0 Å². The third-order valence-corrected chi connectivity index (χ3v) is 6.01. The summed E-state index contributed by atoms with van der Waals surface area (Å²) in [6.45, 7) is 0.520. The first kappa shape index (κ1) is 17.0. The summed E-state index contributed by atoms with van der Waals surface area (Å²) in [5.41, 5.74) is 0.559. The molecule has 1 aromatic carbocycles. The van der Waals surface area contributed by atoms with E-state index in [0.717, 1.165) is 31.2 Å². The molecule has 0 spiro atoms. The molecule has 26 heavy (non-hydrogen) atoms. The highest BCUT2D eigenvalue weighted by atomic mass is 16.3. The summed E-state index contributed by atoms with van der Waals surface area (Å²) in [5, 5.41) is 20.9. The second-order valence-corrected chi connectivity index (χ2v) is 7.40. The number of nitrogens with zero attached hydrogens (tertiary/aromatic N) is 2. The number of aromatic hydroxyl groups is 1. The number of aromatic nitrogens is 1. The molecule has 4 rings (SSSR count). The van der Waals surface area contributed by atoms with Gasteiger partial charge in [-0.05, 0) is 30.9 Å². The van der Waals surface area contributed by atoms with Crippen molar-refractivity contribution >= 4 is 5.91 Å². The van der Waals surface area contributed by atoms with E-state index in [4.69, 9.17) is 0 Å². The number of aliphatic hydroxyl groups is 1. The first-order valence-electron chi connectivity index (χ1n) is 9.33. The Morgan fingerprint density at radius 3 is 2.62 bits per heavy atom. The van der Waals surface area contributed by atoms with Crippen LogP contribution in [0, 0.1) is 5.92 Å². The van der Waals surface area contributed by atoms with Crippen molar-refractivity contribution < 1.29 is 15.0 Å². The molecule has 1 amide bonds. The summed E-state index contributed by atoms with van der Waals surface area (Å²) in [6.07, 6.45) is 5.95. The normalized spacial score (nSPS) is 28.4. The zero-order valence-corrected chi connectivity index (χ0v) is 14.7. The van der Waals surface area contributed by atoms with Crippen LogP contribution in [0.2, 0.25) is 0 Å². The number of benzene rings is 1. The Bertz CT molecular complexity index is 778. The molecule has 1 aliphatic heterocycles. The molecule has 3 unspecified atom stereocenters. The molecule has 2 N–H and O–H groups in total. The lowest BCUT2D eigenvalue weighted by Crippen LogP contribution is -2.59. The van der Waals surface area contributed by atoms with E-state index in [-0.39, 0.29) is 23.7 Å². The molecule has 1 saturated carbocycles. The minimum Gasteiger partial charge on any atom is -0.493 e. The van der Waals surface area contributed by atoms with E-state index in [2.05, 4.69) is 4.98 Å². The molecular formula is C21H24N2O3. The molecule has 0 bridgehead atoms. The lowest BCUT2D eigenvalue weighted by atomic mass is 9.66. The van der Waals surface area contributed by atoms with Crippen molar-refractivity contribution in [2.24, 2.45) is 5.92 Å².